The predicted molar refractivity (Wildman–Crippen MR) is 58.2 cm³/mol. The van der Waals surface area contributed by atoms with Crippen LogP contribution in [0.3, 0.4) is 0 Å². The Bertz CT molecular complexity index is 221. The fraction of sp³-hybridized carbons (Fsp3) is 0.700. The van der Waals surface area contributed by atoms with Crippen LogP contribution in [0.1, 0.15) is 26.2 Å². The molecule has 0 amide bonds. The van der Waals surface area contributed by atoms with E-state index in [9.17, 15) is 4.79 Å². The summed E-state index contributed by atoms with van der Waals surface area (Å²) in [5, 5.41) is 0. The van der Waals surface area contributed by atoms with Gasteiger partial charge in [-0.1, -0.05) is 6.58 Å². The van der Waals surface area contributed by atoms with E-state index in [-0.39, 0.29) is 17.8 Å². The van der Waals surface area contributed by atoms with Gasteiger partial charge in [-0.05, 0) is 26.2 Å². The van der Waals surface area contributed by atoms with Crippen LogP contribution in [0.15, 0.2) is 12.2 Å². The second kappa shape index (κ2) is 5.31. The maximum atomic E-state index is 11.2. The van der Waals surface area contributed by atoms with Crippen LogP contribution in [-0.2, 0) is 14.3 Å². The fourth-order valence-electron chi connectivity index (χ4n) is 1.48. The van der Waals surface area contributed by atoms with Crippen molar-refractivity contribution < 1.29 is 14.3 Å². The molecule has 0 aliphatic carbocycles. The van der Waals surface area contributed by atoms with Crippen molar-refractivity contribution in [2.75, 3.05) is 6.61 Å². The van der Waals surface area contributed by atoms with E-state index >= 15 is 0 Å². The molecule has 1 saturated heterocycles. The number of hydrogen-bond acceptors (Lipinski definition) is 3. The van der Waals surface area contributed by atoms with Gasteiger partial charge in [0, 0.05) is 12.2 Å². The molecule has 1 rings (SSSR count). The molecule has 0 spiro atoms. The van der Waals surface area contributed by atoms with Crippen molar-refractivity contribution in [1.82, 2.24) is 0 Å². The van der Waals surface area contributed by atoms with E-state index in [2.05, 4.69) is 6.58 Å². The van der Waals surface area contributed by atoms with Crippen molar-refractivity contribution >= 4 is 16.2 Å². The number of esters is 1. The van der Waals surface area contributed by atoms with Gasteiger partial charge in [0.05, 0.1) is 16.3 Å². The lowest BCUT2D eigenvalue weighted by Crippen LogP contribution is -2.36. The molecule has 80 valence electrons. The summed E-state index contributed by atoms with van der Waals surface area (Å²) in [5.41, 5.74) is 0.432. The first kappa shape index (κ1) is 11.5. The lowest BCUT2D eigenvalue weighted by atomic mass is 10.1. The summed E-state index contributed by atoms with van der Waals surface area (Å²) >= 11 is 0. The van der Waals surface area contributed by atoms with E-state index in [1.165, 1.54) is 6.42 Å². The number of rotatable bonds is 3. The maximum absolute atomic E-state index is 11.2. The van der Waals surface area contributed by atoms with Gasteiger partial charge in [0.2, 0.25) is 0 Å². The molecule has 4 heteroatoms. The van der Waals surface area contributed by atoms with E-state index in [1.54, 1.807) is 6.92 Å². The Morgan fingerprint density at radius 1 is 1.64 bits per heavy atom. The van der Waals surface area contributed by atoms with Crippen LogP contribution in [0.2, 0.25) is 0 Å². The second-order valence-corrected chi connectivity index (χ2v) is 4.93. The Labute approximate surface area is 87.9 Å². The average Bonchev–Trinajstić information content (AvgIpc) is 2.19. The molecule has 2 atom stereocenters. The third kappa shape index (κ3) is 3.27. The lowest BCUT2D eigenvalue weighted by molar-refractivity contribution is -0.148. The average molecular weight is 214 g/mol. The van der Waals surface area contributed by atoms with Crippen molar-refractivity contribution in [1.29, 1.82) is 0 Å². The highest BCUT2D eigenvalue weighted by molar-refractivity contribution is 6.12. The topological polar surface area (TPSA) is 35.5 Å². The van der Waals surface area contributed by atoms with Crippen LogP contribution in [0.4, 0.5) is 0 Å². The molecule has 0 aromatic carbocycles. The smallest absolute Gasteiger partial charge is 0.333 e. The summed E-state index contributed by atoms with van der Waals surface area (Å²) in [6, 6.07) is 0. The largest absolute Gasteiger partial charge is 0.461 e. The Balaban J connectivity index is 2.36. The van der Waals surface area contributed by atoms with Crippen molar-refractivity contribution in [3.8, 4) is 0 Å². The van der Waals surface area contributed by atoms with Crippen molar-refractivity contribution in [2.24, 2.45) is 0 Å². The van der Waals surface area contributed by atoms with Crippen LogP contribution in [-0.4, -0.2) is 34.6 Å². The maximum Gasteiger partial charge on any atom is 0.333 e. The highest BCUT2D eigenvalue weighted by Crippen LogP contribution is 2.16. The van der Waals surface area contributed by atoms with Crippen LogP contribution < -0.4 is 0 Å². The van der Waals surface area contributed by atoms with E-state index in [1.807, 2.05) is 0 Å². The van der Waals surface area contributed by atoms with Gasteiger partial charge in [-0.15, -0.1) is 0 Å². The molecule has 1 aliphatic rings. The third-order valence-corrected chi connectivity index (χ3v) is 3.36. The predicted octanol–water partition coefficient (Wildman–Crippen LogP) is 0.366. The molecule has 1 fully saturated rings. The molecule has 1 heterocycles. The second-order valence-electron chi connectivity index (χ2n) is 3.80. The van der Waals surface area contributed by atoms with Gasteiger partial charge in [0.25, 0.3) is 0 Å². The van der Waals surface area contributed by atoms with Crippen molar-refractivity contribution in [3.63, 3.8) is 0 Å². The summed E-state index contributed by atoms with van der Waals surface area (Å²) < 4.78 is 10.8. The summed E-state index contributed by atoms with van der Waals surface area (Å²) in [7, 11) is 0.815. The molecule has 2 unspecified atom stereocenters. The number of ether oxygens (including phenoxy) is 2. The first-order chi connectivity index (χ1) is 6.61. The Hall–Kier alpha value is -0.613. The van der Waals surface area contributed by atoms with Crippen LogP contribution in [0.5, 0.6) is 0 Å². The molecule has 0 aromatic heterocycles. The van der Waals surface area contributed by atoms with Gasteiger partial charge >= 0.3 is 5.97 Å². The molecular formula is C10H18O3Si. The first-order valence-electron chi connectivity index (χ1n) is 5.09. The molecule has 0 saturated carbocycles. The summed E-state index contributed by atoms with van der Waals surface area (Å²) in [4.78, 5) is 11.2. The van der Waals surface area contributed by atoms with Gasteiger partial charge in [-0.3, -0.25) is 0 Å². The monoisotopic (exact) mass is 214 g/mol. The summed E-state index contributed by atoms with van der Waals surface area (Å²) in [6.45, 7) is 6.02. The Kier molecular flexibility index (Phi) is 4.35. The van der Waals surface area contributed by atoms with E-state index < -0.39 is 0 Å². The summed E-state index contributed by atoms with van der Waals surface area (Å²) in [6.07, 6.45) is 3.43. The van der Waals surface area contributed by atoms with E-state index in [0.717, 1.165) is 29.7 Å². The summed E-state index contributed by atoms with van der Waals surface area (Å²) in [5.74, 6) is -0.292. The molecule has 0 aromatic rings. The Morgan fingerprint density at radius 3 is 2.86 bits per heavy atom. The minimum atomic E-state index is -0.292. The number of hydrogen-bond donors (Lipinski definition) is 0. The molecule has 1 aliphatic heterocycles. The highest BCUT2D eigenvalue weighted by Gasteiger charge is 2.23. The minimum Gasteiger partial charge on any atom is -0.461 e. The third-order valence-electron chi connectivity index (χ3n) is 2.38. The van der Waals surface area contributed by atoms with Crippen LogP contribution in [0.25, 0.3) is 0 Å². The molecular weight excluding hydrogens is 196 g/mol. The van der Waals surface area contributed by atoms with Gasteiger partial charge < -0.3 is 9.47 Å². The normalized spacial score (nSPS) is 24.2. The standard InChI is InChI=1S/C10H18O3Si/c1-7(2)9(11)13-10(14)8-5-3-4-6-12-8/h8,10H,1,3-6H2,2,14H3. The SMILES string of the molecule is C=C(C)C(=O)OC([SiH3])C1CCCCO1. The van der Waals surface area contributed by atoms with Crippen molar-refractivity contribution in [3.05, 3.63) is 12.2 Å². The zero-order valence-corrected chi connectivity index (χ0v) is 10.9. The fourth-order valence-corrected chi connectivity index (χ4v) is 2.22. The zero-order valence-electron chi connectivity index (χ0n) is 8.91. The quantitative estimate of drug-likeness (QED) is 0.387. The Morgan fingerprint density at radius 2 is 2.36 bits per heavy atom. The highest BCUT2D eigenvalue weighted by atomic mass is 28.1. The molecule has 14 heavy (non-hydrogen) atoms. The zero-order chi connectivity index (χ0) is 10.6. The van der Waals surface area contributed by atoms with E-state index in [0.29, 0.717) is 5.57 Å². The molecule has 3 nitrogen and oxygen atoms in total. The number of carbonyl (C=O) groups excluding carboxylic acids is 1. The lowest BCUT2D eigenvalue weighted by Gasteiger charge is -2.27. The van der Waals surface area contributed by atoms with E-state index in [4.69, 9.17) is 9.47 Å². The van der Waals surface area contributed by atoms with Gasteiger partial charge in [0.1, 0.15) is 5.73 Å². The van der Waals surface area contributed by atoms with Gasteiger partial charge in [0.15, 0.2) is 0 Å². The first-order valence-corrected chi connectivity index (χ1v) is 6.25. The number of carbonyl (C=O) groups is 1. The minimum absolute atomic E-state index is 0.0282. The van der Waals surface area contributed by atoms with Gasteiger partial charge in [-0.25, -0.2) is 4.79 Å². The molecule has 0 bridgehead atoms. The van der Waals surface area contributed by atoms with Crippen LogP contribution >= 0.6 is 0 Å². The van der Waals surface area contributed by atoms with Gasteiger partial charge in [-0.2, -0.15) is 0 Å². The molecule has 0 N–H and O–H groups in total. The molecule has 0 radical (unpaired) electrons. The van der Waals surface area contributed by atoms with Crippen molar-refractivity contribution in [2.45, 2.75) is 38.0 Å². The van der Waals surface area contributed by atoms with Crippen LogP contribution in [0, 0.1) is 0 Å².